The molecule has 0 amide bonds. The van der Waals surface area contributed by atoms with Crippen molar-refractivity contribution in [2.75, 3.05) is 11.9 Å². The number of benzene rings is 2. The van der Waals surface area contributed by atoms with E-state index in [1.54, 1.807) is 16.6 Å². The third kappa shape index (κ3) is 3.72. The lowest BCUT2D eigenvalue weighted by Gasteiger charge is -2.09. The minimum Gasteiger partial charge on any atom is -0.369 e. The van der Waals surface area contributed by atoms with E-state index < -0.39 is 0 Å². The fraction of sp³-hybridized carbons (Fsp3) is 0.0952. The lowest BCUT2D eigenvalue weighted by Crippen LogP contribution is -2.10. The summed E-state index contributed by atoms with van der Waals surface area (Å²) in [4.78, 5) is 13.3. The van der Waals surface area contributed by atoms with Crippen molar-refractivity contribution in [1.82, 2.24) is 29.7 Å². The Hall–Kier alpha value is -3.78. The number of aromatic nitrogens is 6. The molecule has 8 nitrogen and oxygen atoms in total. The van der Waals surface area contributed by atoms with Gasteiger partial charge >= 0.3 is 0 Å². The highest BCUT2D eigenvalue weighted by Crippen LogP contribution is 2.22. The molecule has 0 unspecified atom stereocenters. The second-order valence-electron chi connectivity index (χ2n) is 6.56. The predicted octanol–water partition coefficient (Wildman–Crippen LogP) is 4.15. The predicted molar refractivity (Wildman–Crippen MR) is 113 cm³/mol. The first kappa shape index (κ1) is 18.3. The van der Waals surface area contributed by atoms with Gasteiger partial charge in [0.2, 0.25) is 11.7 Å². The molecule has 5 aromatic rings. The van der Waals surface area contributed by atoms with Crippen LogP contribution in [-0.2, 0) is 6.42 Å². The SMILES string of the molecule is Clc1ccc(-c2noc(CCNc3cc(-c4ccccc4)nc4ncnn34)n2)cc1. The third-order valence-corrected chi connectivity index (χ3v) is 4.79. The van der Waals surface area contributed by atoms with Crippen LogP contribution in [0.15, 0.2) is 71.5 Å². The van der Waals surface area contributed by atoms with Gasteiger partial charge in [-0.3, -0.25) is 0 Å². The van der Waals surface area contributed by atoms with E-state index in [4.69, 9.17) is 16.1 Å². The Kier molecular flexibility index (Phi) is 4.82. The lowest BCUT2D eigenvalue weighted by molar-refractivity contribution is 0.381. The summed E-state index contributed by atoms with van der Waals surface area (Å²) in [7, 11) is 0. The molecule has 30 heavy (non-hydrogen) atoms. The topological polar surface area (TPSA) is 94.0 Å². The fourth-order valence-electron chi connectivity index (χ4n) is 3.07. The molecule has 3 heterocycles. The standard InChI is InChI=1S/C21H16ClN7O/c22-16-8-6-15(7-9-16)20-27-19(30-28-20)10-11-23-18-12-17(14-4-2-1-3-5-14)26-21-24-13-25-29(18)21/h1-9,12-13,23H,10-11H2. The molecule has 0 bridgehead atoms. The zero-order valence-electron chi connectivity index (χ0n) is 15.7. The molecule has 3 aromatic heterocycles. The number of anilines is 1. The van der Waals surface area contributed by atoms with E-state index in [9.17, 15) is 0 Å². The van der Waals surface area contributed by atoms with Gasteiger partial charge in [-0.2, -0.15) is 19.6 Å². The van der Waals surface area contributed by atoms with Crippen molar-refractivity contribution < 1.29 is 4.52 Å². The number of hydrogen-bond acceptors (Lipinski definition) is 7. The van der Waals surface area contributed by atoms with Crippen molar-refractivity contribution in [3.05, 3.63) is 77.9 Å². The number of rotatable bonds is 6. The minimum absolute atomic E-state index is 0.529. The molecule has 9 heteroatoms. The molecule has 2 aromatic carbocycles. The van der Waals surface area contributed by atoms with Crippen molar-refractivity contribution in [2.45, 2.75) is 6.42 Å². The summed E-state index contributed by atoms with van der Waals surface area (Å²) in [6, 6.07) is 19.2. The molecule has 0 aliphatic heterocycles. The van der Waals surface area contributed by atoms with Crippen LogP contribution >= 0.6 is 11.6 Å². The van der Waals surface area contributed by atoms with Crippen LogP contribution in [0.25, 0.3) is 28.4 Å². The first-order valence-corrected chi connectivity index (χ1v) is 9.73. The molecule has 5 rings (SSSR count). The Labute approximate surface area is 176 Å². The molecule has 0 aliphatic rings. The molecule has 0 saturated heterocycles. The second-order valence-corrected chi connectivity index (χ2v) is 7.00. The van der Waals surface area contributed by atoms with Gasteiger partial charge in [-0.05, 0) is 24.3 Å². The van der Waals surface area contributed by atoms with Gasteiger partial charge < -0.3 is 9.84 Å². The molecule has 0 aliphatic carbocycles. The Morgan fingerprint density at radius 2 is 1.80 bits per heavy atom. The Bertz CT molecular complexity index is 1280. The van der Waals surface area contributed by atoms with Crippen molar-refractivity contribution in [2.24, 2.45) is 0 Å². The zero-order chi connectivity index (χ0) is 20.3. The van der Waals surface area contributed by atoms with Crippen LogP contribution in [0.3, 0.4) is 0 Å². The number of nitrogens with zero attached hydrogens (tertiary/aromatic N) is 6. The summed E-state index contributed by atoms with van der Waals surface area (Å²) >= 11 is 5.93. The molecule has 0 spiro atoms. The molecule has 0 fully saturated rings. The smallest absolute Gasteiger partial charge is 0.254 e. The molecule has 0 saturated carbocycles. The quantitative estimate of drug-likeness (QED) is 0.443. The zero-order valence-corrected chi connectivity index (χ0v) is 16.5. The van der Waals surface area contributed by atoms with Crippen LogP contribution in [0.4, 0.5) is 5.82 Å². The van der Waals surface area contributed by atoms with Crippen LogP contribution < -0.4 is 5.32 Å². The normalized spacial score (nSPS) is 11.1. The van der Waals surface area contributed by atoms with E-state index in [0.29, 0.717) is 35.5 Å². The summed E-state index contributed by atoms with van der Waals surface area (Å²) < 4.78 is 7.04. The van der Waals surface area contributed by atoms with E-state index in [1.165, 1.54) is 6.33 Å². The largest absolute Gasteiger partial charge is 0.369 e. The highest BCUT2D eigenvalue weighted by atomic mass is 35.5. The van der Waals surface area contributed by atoms with Crippen molar-refractivity contribution in [3.63, 3.8) is 0 Å². The molecule has 0 atom stereocenters. The van der Waals surface area contributed by atoms with Crippen LogP contribution in [-0.4, -0.2) is 36.3 Å². The van der Waals surface area contributed by atoms with Crippen LogP contribution in [0.1, 0.15) is 5.89 Å². The fourth-order valence-corrected chi connectivity index (χ4v) is 3.19. The van der Waals surface area contributed by atoms with Gasteiger partial charge in [0, 0.05) is 35.2 Å². The summed E-state index contributed by atoms with van der Waals surface area (Å²) in [6.45, 7) is 0.579. The second kappa shape index (κ2) is 7.92. The van der Waals surface area contributed by atoms with E-state index in [0.717, 1.165) is 22.6 Å². The summed E-state index contributed by atoms with van der Waals surface area (Å²) in [5, 5.41) is 12.3. The first-order valence-electron chi connectivity index (χ1n) is 9.35. The van der Waals surface area contributed by atoms with Gasteiger partial charge in [0.25, 0.3) is 5.78 Å². The first-order chi connectivity index (χ1) is 14.8. The summed E-state index contributed by atoms with van der Waals surface area (Å²) in [6.07, 6.45) is 2.04. The molecule has 148 valence electrons. The van der Waals surface area contributed by atoms with Crippen molar-refractivity contribution >= 4 is 23.2 Å². The highest BCUT2D eigenvalue weighted by Gasteiger charge is 2.11. The van der Waals surface area contributed by atoms with Gasteiger partial charge in [-0.1, -0.05) is 47.1 Å². The van der Waals surface area contributed by atoms with Crippen LogP contribution in [0.5, 0.6) is 0 Å². The van der Waals surface area contributed by atoms with E-state index in [1.807, 2.05) is 48.5 Å². The Morgan fingerprint density at radius 3 is 2.63 bits per heavy atom. The summed E-state index contributed by atoms with van der Waals surface area (Å²) in [5.41, 5.74) is 2.69. The van der Waals surface area contributed by atoms with Gasteiger partial charge in [-0.15, -0.1) is 0 Å². The highest BCUT2D eigenvalue weighted by molar-refractivity contribution is 6.30. The van der Waals surface area contributed by atoms with Crippen LogP contribution in [0, 0.1) is 0 Å². The van der Waals surface area contributed by atoms with Crippen molar-refractivity contribution in [3.8, 4) is 22.6 Å². The molecular weight excluding hydrogens is 402 g/mol. The van der Waals surface area contributed by atoms with Crippen LogP contribution in [0.2, 0.25) is 5.02 Å². The van der Waals surface area contributed by atoms with Gasteiger partial charge in [0.15, 0.2) is 0 Å². The summed E-state index contributed by atoms with van der Waals surface area (Å²) in [5.74, 6) is 2.39. The van der Waals surface area contributed by atoms with Gasteiger partial charge in [0.05, 0.1) is 5.69 Å². The average Bonchev–Trinajstić information content (AvgIpc) is 3.44. The number of nitrogens with one attached hydrogen (secondary N) is 1. The minimum atomic E-state index is 0.529. The lowest BCUT2D eigenvalue weighted by atomic mass is 10.1. The van der Waals surface area contributed by atoms with Gasteiger partial charge in [-0.25, -0.2) is 4.98 Å². The molecule has 0 radical (unpaired) electrons. The Balaban J connectivity index is 1.32. The monoisotopic (exact) mass is 417 g/mol. The number of hydrogen-bond donors (Lipinski definition) is 1. The number of halogens is 1. The average molecular weight is 418 g/mol. The van der Waals surface area contributed by atoms with E-state index in [-0.39, 0.29) is 0 Å². The van der Waals surface area contributed by atoms with Crippen molar-refractivity contribution in [1.29, 1.82) is 0 Å². The van der Waals surface area contributed by atoms with E-state index >= 15 is 0 Å². The molecule has 1 N–H and O–H groups in total. The number of fused-ring (bicyclic) bond motifs is 1. The Morgan fingerprint density at radius 1 is 0.967 bits per heavy atom. The maximum Gasteiger partial charge on any atom is 0.254 e. The maximum atomic E-state index is 5.93. The van der Waals surface area contributed by atoms with E-state index in [2.05, 4.69) is 30.5 Å². The van der Waals surface area contributed by atoms with Gasteiger partial charge in [0.1, 0.15) is 12.1 Å². The maximum absolute atomic E-state index is 5.93. The molecular formula is C21H16ClN7O. The third-order valence-electron chi connectivity index (χ3n) is 4.54.